The zero-order chi connectivity index (χ0) is 18.5. The smallest absolute Gasteiger partial charge is 0.331 e. The maximum atomic E-state index is 13.3. The lowest BCUT2D eigenvalue weighted by molar-refractivity contribution is -0.139. The summed E-state index contributed by atoms with van der Waals surface area (Å²) in [5.41, 5.74) is 1.50. The minimum absolute atomic E-state index is 0.00704. The Bertz CT molecular complexity index is 934. The lowest BCUT2D eigenvalue weighted by Crippen LogP contribution is -2.09. The van der Waals surface area contributed by atoms with Crippen LogP contribution in [-0.2, 0) is 16.1 Å². The number of alkyl halides is 2. The van der Waals surface area contributed by atoms with Crippen molar-refractivity contribution in [3.8, 4) is 5.75 Å². The summed E-state index contributed by atoms with van der Waals surface area (Å²) in [7, 11) is 1.56. The number of carbonyl (C=O) groups is 1. The van der Waals surface area contributed by atoms with Gasteiger partial charge in [0.05, 0.1) is 18.1 Å². The number of nitrogens with zero attached hydrogens (tertiary/aromatic N) is 2. The van der Waals surface area contributed by atoms with E-state index in [0.717, 1.165) is 10.1 Å². The van der Waals surface area contributed by atoms with Gasteiger partial charge in [-0.05, 0) is 35.9 Å². The van der Waals surface area contributed by atoms with E-state index in [-0.39, 0.29) is 12.4 Å². The Balaban J connectivity index is 1.68. The molecular formula is C19H16F2N2O3. The molecule has 134 valence electrons. The van der Waals surface area contributed by atoms with Gasteiger partial charge in [0.25, 0.3) is 0 Å². The first-order valence-electron chi connectivity index (χ1n) is 7.81. The first kappa shape index (κ1) is 17.6. The van der Waals surface area contributed by atoms with Crippen molar-refractivity contribution in [2.45, 2.75) is 13.2 Å². The molecule has 2 aromatic carbocycles. The van der Waals surface area contributed by atoms with Crippen LogP contribution in [0.4, 0.5) is 8.78 Å². The molecule has 5 nitrogen and oxygen atoms in total. The summed E-state index contributed by atoms with van der Waals surface area (Å²) in [5, 5.41) is 0. The van der Waals surface area contributed by atoms with Gasteiger partial charge in [0.15, 0.2) is 5.82 Å². The topological polar surface area (TPSA) is 53.4 Å². The highest BCUT2D eigenvalue weighted by molar-refractivity contribution is 5.87. The van der Waals surface area contributed by atoms with E-state index in [1.807, 2.05) is 0 Å². The lowest BCUT2D eigenvalue weighted by atomic mass is 10.2. The summed E-state index contributed by atoms with van der Waals surface area (Å²) >= 11 is 0. The van der Waals surface area contributed by atoms with E-state index in [0.29, 0.717) is 16.8 Å². The van der Waals surface area contributed by atoms with Crippen molar-refractivity contribution in [2.75, 3.05) is 7.11 Å². The van der Waals surface area contributed by atoms with Crippen LogP contribution in [0.3, 0.4) is 0 Å². The molecule has 0 saturated heterocycles. The van der Waals surface area contributed by atoms with Gasteiger partial charge in [0.2, 0.25) is 0 Å². The zero-order valence-corrected chi connectivity index (χ0v) is 13.9. The van der Waals surface area contributed by atoms with Crippen LogP contribution in [0.15, 0.2) is 54.6 Å². The van der Waals surface area contributed by atoms with Gasteiger partial charge < -0.3 is 9.47 Å². The molecule has 1 aromatic heterocycles. The Labute approximate surface area is 148 Å². The summed E-state index contributed by atoms with van der Waals surface area (Å²) in [6, 6.07) is 13.6. The highest BCUT2D eigenvalue weighted by atomic mass is 19.3. The summed E-state index contributed by atoms with van der Waals surface area (Å²) in [6.07, 6.45) is 2.80. The predicted octanol–water partition coefficient (Wildman–Crippen LogP) is 4.20. The van der Waals surface area contributed by atoms with E-state index in [1.165, 1.54) is 6.08 Å². The molecule has 3 aromatic rings. The molecule has 0 unspecified atom stereocenters. The van der Waals surface area contributed by atoms with E-state index in [9.17, 15) is 13.6 Å². The number of ether oxygens (including phenoxy) is 2. The molecule has 0 aliphatic carbocycles. The number of methoxy groups -OCH3 is 1. The number of aromatic nitrogens is 2. The molecular weight excluding hydrogens is 342 g/mol. The Kier molecular flexibility index (Phi) is 5.26. The number of imidazole rings is 1. The molecule has 0 radical (unpaired) electrons. The largest absolute Gasteiger partial charge is 0.497 e. The quantitative estimate of drug-likeness (QED) is 0.490. The molecule has 1 heterocycles. The van der Waals surface area contributed by atoms with Crippen molar-refractivity contribution >= 4 is 23.1 Å². The van der Waals surface area contributed by atoms with E-state index in [4.69, 9.17) is 9.47 Å². The fourth-order valence-electron chi connectivity index (χ4n) is 2.48. The molecule has 0 saturated carbocycles. The van der Waals surface area contributed by atoms with Crippen molar-refractivity contribution in [2.24, 2.45) is 0 Å². The molecule has 0 spiro atoms. The first-order chi connectivity index (χ1) is 12.6. The predicted molar refractivity (Wildman–Crippen MR) is 92.8 cm³/mol. The minimum Gasteiger partial charge on any atom is -0.497 e. The van der Waals surface area contributed by atoms with Crippen LogP contribution in [0.25, 0.3) is 17.1 Å². The second-order valence-corrected chi connectivity index (χ2v) is 5.38. The van der Waals surface area contributed by atoms with Crippen LogP contribution in [0.5, 0.6) is 5.75 Å². The average Bonchev–Trinajstić information content (AvgIpc) is 3.03. The third-order valence-corrected chi connectivity index (χ3v) is 3.74. The van der Waals surface area contributed by atoms with Crippen molar-refractivity contribution in [3.05, 3.63) is 66.0 Å². The van der Waals surface area contributed by atoms with Crippen molar-refractivity contribution in [1.82, 2.24) is 9.55 Å². The SMILES string of the molecule is COc1ccc(/C=C/C(=O)OCc2nc3ccccc3n2C(F)F)cc1. The third kappa shape index (κ3) is 3.88. The molecule has 0 aliphatic heterocycles. The number of para-hydroxylation sites is 2. The molecule has 0 aliphatic rings. The van der Waals surface area contributed by atoms with Gasteiger partial charge in [-0.3, -0.25) is 4.57 Å². The number of halogens is 2. The normalized spacial score (nSPS) is 11.4. The van der Waals surface area contributed by atoms with E-state index in [2.05, 4.69) is 4.98 Å². The van der Waals surface area contributed by atoms with Crippen LogP contribution < -0.4 is 4.74 Å². The number of hydrogen-bond donors (Lipinski definition) is 0. The molecule has 0 atom stereocenters. The molecule has 7 heteroatoms. The van der Waals surface area contributed by atoms with Gasteiger partial charge in [0.1, 0.15) is 12.4 Å². The summed E-state index contributed by atoms with van der Waals surface area (Å²) in [6.45, 7) is -3.11. The second-order valence-electron chi connectivity index (χ2n) is 5.38. The van der Waals surface area contributed by atoms with Crippen LogP contribution in [-0.4, -0.2) is 22.6 Å². The van der Waals surface area contributed by atoms with Gasteiger partial charge in [-0.2, -0.15) is 8.78 Å². The van der Waals surface area contributed by atoms with Gasteiger partial charge in [-0.25, -0.2) is 9.78 Å². The molecule has 26 heavy (non-hydrogen) atoms. The van der Waals surface area contributed by atoms with E-state index >= 15 is 0 Å². The lowest BCUT2D eigenvalue weighted by Gasteiger charge is -2.07. The third-order valence-electron chi connectivity index (χ3n) is 3.74. The molecule has 0 bridgehead atoms. The summed E-state index contributed by atoms with van der Waals surface area (Å²) < 4.78 is 37.5. The number of fused-ring (bicyclic) bond motifs is 1. The van der Waals surface area contributed by atoms with Crippen LogP contribution in [0.1, 0.15) is 17.9 Å². The fraction of sp³-hybridized carbons (Fsp3) is 0.158. The van der Waals surface area contributed by atoms with Crippen LogP contribution in [0.2, 0.25) is 0 Å². The van der Waals surface area contributed by atoms with Gasteiger partial charge in [-0.1, -0.05) is 24.3 Å². The van der Waals surface area contributed by atoms with Crippen LogP contribution >= 0.6 is 0 Å². The van der Waals surface area contributed by atoms with Crippen molar-refractivity contribution in [3.63, 3.8) is 0 Å². The van der Waals surface area contributed by atoms with Crippen molar-refractivity contribution < 1.29 is 23.0 Å². The number of esters is 1. The number of rotatable bonds is 6. The Morgan fingerprint density at radius 2 is 1.92 bits per heavy atom. The minimum atomic E-state index is -2.77. The number of benzene rings is 2. The monoisotopic (exact) mass is 358 g/mol. The molecule has 0 amide bonds. The number of carbonyl (C=O) groups excluding carboxylic acids is 1. The van der Waals surface area contributed by atoms with Crippen molar-refractivity contribution in [1.29, 1.82) is 0 Å². The molecule has 3 rings (SSSR count). The Hall–Kier alpha value is -3.22. The van der Waals surface area contributed by atoms with Gasteiger partial charge >= 0.3 is 12.5 Å². The Morgan fingerprint density at radius 3 is 2.62 bits per heavy atom. The Morgan fingerprint density at radius 1 is 1.19 bits per heavy atom. The van der Waals surface area contributed by atoms with Gasteiger partial charge in [0, 0.05) is 6.08 Å². The summed E-state index contributed by atoms with van der Waals surface area (Å²) in [5.74, 6) is 0.0525. The average molecular weight is 358 g/mol. The standard InChI is InChI=1S/C19H16F2N2O3/c1-25-14-9-6-13(7-10-14)8-11-18(24)26-12-17-22-15-4-2-3-5-16(15)23(17)19(20)21/h2-11,19H,12H2,1H3/b11-8+. The zero-order valence-electron chi connectivity index (χ0n) is 13.9. The fourth-order valence-corrected chi connectivity index (χ4v) is 2.48. The highest BCUT2D eigenvalue weighted by Crippen LogP contribution is 2.23. The maximum Gasteiger partial charge on any atom is 0.331 e. The summed E-state index contributed by atoms with van der Waals surface area (Å²) in [4.78, 5) is 16.0. The van der Waals surface area contributed by atoms with E-state index < -0.39 is 12.5 Å². The number of hydrogen-bond acceptors (Lipinski definition) is 4. The molecule has 0 fully saturated rings. The highest BCUT2D eigenvalue weighted by Gasteiger charge is 2.18. The second kappa shape index (κ2) is 7.77. The van der Waals surface area contributed by atoms with E-state index in [1.54, 1.807) is 61.7 Å². The van der Waals surface area contributed by atoms with Gasteiger partial charge in [-0.15, -0.1) is 0 Å². The maximum absolute atomic E-state index is 13.3. The van der Waals surface area contributed by atoms with Crippen LogP contribution in [0, 0.1) is 0 Å². The molecule has 0 N–H and O–H groups in total. The first-order valence-corrected chi connectivity index (χ1v) is 7.81.